The highest BCUT2D eigenvalue weighted by Gasteiger charge is 2.08. The van der Waals surface area contributed by atoms with Gasteiger partial charge in [0.15, 0.2) is 0 Å². The molecular weight excluding hydrogens is 331 g/mol. The van der Waals surface area contributed by atoms with Crippen LogP contribution in [0.15, 0.2) is 22.7 Å². The molecule has 0 radical (unpaired) electrons. The number of anilines is 1. The Morgan fingerprint density at radius 2 is 1.80 bits per heavy atom. The molecule has 0 aliphatic carbocycles. The molecule has 0 bridgehead atoms. The molecule has 0 fully saturated rings. The van der Waals surface area contributed by atoms with E-state index in [1.807, 2.05) is 0 Å². The highest BCUT2D eigenvalue weighted by Crippen LogP contribution is 2.19. The summed E-state index contributed by atoms with van der Waals surface area (Å²) in [5.74, 6) is -0.0272. The van der Waals surface area contributed by atoms with Gasteiger partial charge in [0.25, 0.3) is 0 Å². The van der Waals surface area contributed by atoms with Crippen LogP contribution in [0.5, 0.6) is 12.0 Å². The molecule has 1 aromatic carbocycles. The summed E-state index contributed by atoms with van der Waals surface area (Å²) in [6.45, 7) is 0.342. The molecule has 8 heteroatoms. The second kappa shape index (κ2) is 6.47. The van der Waals surface area contributed by atoms with Crippen LogP contribution in [0.1, 0.15) is 5.56 Å². The van der Waals surface area contributed by atoms with Crippen molar-refractivity contribution in [2.45, 2.75) is 6.54 Å². The van der Waals surface area contributed by atoms with E-state index in [1.165, 1.54) is 26.4 Å². The van der Waals surface area contributed by atoms with Gasteiger partial charge in [0.1, 0.15) is 5.82 Å². The Morgan fingerprint density at radius 1 is 1.15 bits per heavy atom. The van der Waals surface area contributed by atoms with Crippen molar-refractivity contribution in [3.63, 3.8) is 0 Å². The molecule has 0 atom stereocenters. The minimum atomic E-state index is -0.309. The molecule has 1 heterocycles. The molecule has 0 amide bonds. The van der Waals surface area contributed by atoms with Crippen LogP contribution in [-0.4, -0.2) is 29.2 Å². The summed E-state index contributed by atoms with van der Waals surface area (Å²) in [6.07, 6.45) is 0. The summed E-state index contributed by atoms with van der Waals surface area (Å²) >= 11 is 3.35. The Balaban J connectivity index is 2.16. The first-order chi connectivity index (χ1) is 9.62. The highest BCUT2D eigenvalue weighted by atomic mass is 79.9. The molecule has 0 aliphatic rings. The van der Waals surface area contributed by atoms with E-state index in [0.29, 0.717) is 6.54 Å². The van der Waals surface area contributed by atoms with Gasteiger partial charge in [-0.05, 0) is 23.8 Å². The molecule has 0 spiro atoms. The van der Waals surface area contributed by atoms with E-state index < -0.39 is 0 Å². The monoisotopic (exact) mass is 342 g/mol. The van der Waals surface area contributed by atoms with Gasteiger partial charge in [0, 0.05) is 11.0 Å². The van der Waals surface area contributed by atoms with Crippen LogP contribution in [0.2, 0.25) is 0 Å². The van der Waals surface area contributed by atoms with Crippen molar-refractivity contribution < 1.29 is 13.9 Å². The Labute approximate surface area is 123 Å². The van der Waals surface area contributed by atoms with Gasteiger partial charge in [-0.25, -0.2) is 4.39 Å². The molecular formula is C12H12BrFN4O2. The van der Waals surface area contributed by atoms with Crippen LogP contribution in [-0.2, 0) is 6.54 Å². The number of hydrogen-bond acceptors (Lipinski definition) is 6. The number of rotatable bonds is 5. The first-order valence-electron chi connectivity index (χ1n) is 5.64. The fourth-order valence-corrected chi connectivity index (χ4v) is 1.84. The van der Waals surface area contributed by atoms with Crippen LogP contribution in [0.3, 0.4) is 0 Å². The SMILES string of the molecule is COc1nc(NCc2cc(F)ccc2Br)nc(OC)n1. The molecule has 6 nitrogen and oxygen atoms in total. The highest BCUT2D eigenvalue weighted by molar-refractivity contribution is 9.10. The first kappa shape index (κ1) is 14.4. The van der Waals surface area contributed by atoms with Crippen molar-refractivity contribution in [3.8, 4) is 12.0 Å². The van der Waals surface area contributed by atoms with Crippen LogP contribution in [0, 0.1) is 5.82 Å². The maximum Gasteiger partial charge on any atom is 0.324 e. The smallest absolute Gasteiger partial charge is 0.324 e. The van der Waals surface area contributed by atoms with E-state index in [0.717, 1.165) is 10.0 Å². The van der Waals surface area contributed by atoms with Gasteiger partial charge in [-0.2, -0.15) is 9.97 Å². The lowest BCUT2D eigenvalue weighted by atomic mass is 10.2. The molecule has 0 aliphatic heterocycles. The van der Waals surface area contributed by atoms with Crippen LogP contribution >= 0.6 is 15.9 Å². The fourth-order valence-electron chi connectivity index (χ4n) is 1.45. The van der Waals surface area contributed by atoms with Crippen LogP contribution in [0.4, 0.5) is 10.3 Å². The maximum atomic E-state index is 13.2. The minimum Gasteiger partial charge on any atom is -0.467 e. The molecule has 2 aromatic rings. The van der Waals surface area contributed by atoms with E-state index in [1.54, 1.807) is 6.07 Å². The maximum absolute atomic E-state index is 13.2. The van der Waals surface area contributed by atoms with Gasteiger partial charge < -0.3 is 14.8 Å². The quantitative estimate of drug-likeness (QED) is 0.899. The van der Waals surface area contributed by atoms with Crippen molar-refractivity contribution >= 4 is 21.9 Å². The number of nitrogens with zero attached hydrogens (tertiary/aromatic N) is 3. The van der Waals surface area contributed by atoms with Gasteiger partial charge in [-0.1, -0.05) is 15.9 Å². The zero-order chi connectivity index (χ0) is 14.5. The first-order valence-corrected chi connectivity index (χ1v) is 6.43. The van der Waals surface area contributed by atoms with E-state index in [4.69, 9.17) is 9.47 Å². The van der Waals surface area contributed by atoms with E-state index in [-0.39, 0.29) is 23.8 Å². The van der Waals surface area contributed by atoms with Crippen molar-refractivity contribution in [2.24, 2.45) is 0 Å². The summed E-state index contributed by atoms with van der Waals surface area (Å²) < 4.78 is 23.9. The third kappa shape index (κ3) is 3.53. The van der Waals surface area contributed by atoms with Crippen molar-refractivity contribution in [2.75, 3.05) is 19.5 Å². The fraction of sp³-hybridized carbons (Fsp3) is 0.250. The summed E-state index contributed by atoms with van der Waals surface area (Å²) in [6, 6.07) is 4.71. The lowest BCUT2D eigenvalue weighted by Gasteiger charge is -2.08. The van der Waals surface area contributed by atoms with E-state index >= 15 is 0 Å². The standard InChI is InChI=1S/C12H12BrFN4O2/c1-19-11-16-10(17-12(18-11)20-2)15-6-7-5-8(14)3-4-9(7)13/h3-5H,6H2,1-2H3,(H,15,16,17,18). The van der Waals surface area contributed by atoms with Gasteiger partial charge in [-0.15, -0.1) is 4.98 Å². The average molecular weight is 343 g/mol. The third-order valence-corrected chi connectivity index (χ3v) is 3.18. The molecule has 2 rings (SSSR count). The predicted molar refractivity (Wildman–Crippen MR) is 74.4 cm³/mol. The number of ether oxygens (including phenoxy) is 2. The van der Waals surface area contributed by atoms with Gasteiger partial charge >= 0.3 is 12.0 Å². The second-order valence-corrected chi connectivity index (χ2v) is 4.58. The summed E-state index contributed by atoms with van der Waals surface area (Å²) in [4.78, 5) is 11.9. The minimum absolute atomic E-state index is 0.137. The normalized spacial score (nSPS) is 10.2. The number of nitrogens with one attached hydrogen (secondary N) is 1. The Morgan fingerprint density at radius 3 is 2.40 bits per heavy atom. The largest absolute Gasteiger partial charge is 0.467 e. The Hall–Kier alpha value is -1.96. The van der Waals surface area contributed by atoms with Crippen LogP contribution in [0.25, 0.3) is 0 Å². The number of aromatic nitrogens is 3. The topological polar surface area (TPSA) is 69.2 Å². The van der Waals surface area contributed by atoms with E-state index in [9.17, 15) is 4.39 Å². The summed E-state index contributed by atoms with van der Waals surface area (Å²) in [5, 5.41) is 2.96. The average Bonchev–Trinajstić information content (AvgIpc) is 2.47. The Bertz CT molecular complexity index is 590. The molecule has 1 aromatic heterocycles. The lowest BCUT2D eigenvalue weighted by Crippen LogP contribution is -2.07. The molecule has 106 valence electrons. The lowest BCUT2D eigenvalue weighted by molar-refractivity contribution is 0.341. The van der Waals surface area contributed by atoms with Gasteiger partial charge in [0.05, 0.1) is 14.2 Å². The molecule has 1 N–H and O–H groups in total. The number of halogens is 2. The van der Waals surface area contributed by atoms with Gasteiger partial charge in [0.2, 0.25) is 5.95 Å². The van der Waals surface area contributed by atoms with Crippen molar-refractivity contribution in [1.29, 1.82) is 0 Å². The molecule has 0 saturated carbocycles. The number of hydrogen-bond donors (Lipinski definition) is 1. The summed E-state index contributed by atoms with van der Waals surface area (Å²) in [5.41, 5.74) is 0.739. The molecule has 0 saturated heterocycles. The summed E-state index contributed by atoms with van der Waals surface area (Å²) in [7, 11) is 2.89. The second-order valence-electron chi connectivity index (χ2n) is 3.72. The predicted octanol–water partition coefficient (Wildman–Crippen LogP) is 2.40. The number of methoxy groups -OCH3 is 2. The molecule has 20 heavy (non-hydrogen) atoms. The van der Waals surface area contributed by atoms with Crippen molar-refractivity contribution in [1.82, 2.24) is 15.0 Å². The van der Waals surface area contributed by atoms with E-state index in [2.05, 4.69) is 36.2 Å². The molecule has 0 unspecified atom stereocenters. The van der Waals surface area contributed by atoms with Crippen molar-refractivity contribution in [3.05, 3.63) is 34.1 Å². The van der Waals surface area contributed by atoms with Gasteiger partial charge in [-0.3, -0.25) is 0 Å². The van der Waals surface area contributed by atoms with Crippen LogP contribution < -0.4 is 14.8 Å². The Kier molecular flexibility index (Phi) is 4.67. The zero-order valence-corrected chi connectivity index (χ0v) is 12.4. The third-order valence-electron chi connectivity index (χ3n) is 2.40. The number of benzene rings is 1. The zero-order valence-electron chi connectivity index (χ0n) is 10.9.